The SMILES string of the molecule is Cc1cc(C)c2c(c1)SCN2. The van der Waals surface area contributed by atoms with Crippen molar-refractivity contribution in [1.29, 1.82) is 0 Å². The molecule has 0 amide bonds. The van der Waals surface area contributed by atoms with Gasteiger partial charge in [-0.15, -0.1) is 11.8 Å². The lowest BCUT2D eigenvalue weighted by molar-refractivity contribution is 1.29. The summed E-state index contributed by atoms with van der Waals surface area (Å²) in [4.78, 5) is 1.41. The fraction of sp³-hybridized carbons (Fsp3) is 0.333. The Morgan fingerprint density at radius 1 is 1.36 bits per heavy atom. The summed E-state index contributed by atoms with van der Waals surface area (Å²) in [5.74, 6) is 1.03. The van der Waals surface area contributed by atoms with Gasteiger partial charge >= 0.3 is 0 Å². The Morgan fingerprint density at radius 2 is 2.18 bits per heavy atom. The monoisotopic (exact) mass is 165 g/mol. The summed E-state index contributed by atoms with van der Waals surface area (Å²) in [5, 5.41) is 3.36. The molecule has 0 saturated carbocycles. The molecular weight excluding hydrogens is 154 g/mol. The maximum atomic E-state index is 3.36. The average molecular weight is 165 g/mol. The normalized spacial score (nSPS) is 14.4. The van der Waals surface area contributed by atoms with Gasteiger partial charge in [0.1, 0.15) is 0 Å². The Morgan fingerprint density at radius 3 is 3.00 bits per heavy atom. The van der Waals surface area contributed by atoms with E-state index in [0.29, 0.717) is 0 Å². The fourth-order valence-corrected chi connectivity index (χ4v) is 2.47. The lowest BCUT2D eigenvalue weighted by Crippen LogP contribution is -1.91. The Balaban J connectivity index is 2.60. The first-order valence-electron chi connectivity index (χ1n) is 3.75. The van der Waals surface area contributed by atoms with Crippen LogP contribution in [0.25, 0.3) is 0 Å². The molecule has 0 unspecified atom stereocenters. The van der Waals surface area contributed by atoms with Gasteiger partial charge < -0.3 is 5.32 Å². The topological polar surface area (TPSA) is 12.0 Å². The molecule has 1 aromatic rings. The van der Waals surface area contributed by atoms with Gasteiger partial charge in [0.2, 0.25) is 0 Å². The van der Waals surface area contributed by atoms with Crippen molar-refractivity contribution in [3.63, 3.8) is 0 Å². The van der Waals surface area contributed by atoms with Crippen LogP contribution in [0.15, 0.2) is 17.0 Å². The van der Waals surface area contributed by atoms with Crippen LogP contribution in [0.1, 0.15) is 11.1 Å². The Bertz CT molecular complexity index is 294. The van der Waals surface area contributed by atoms with Gasteiger partial charge in [0.15, 0.2) is 0 Å². The van der Waals surface area contributed by atoms with Crippen LogP contribution >= 0.6 is 11.8 Å². The molecule has 11 heavy (non-hydrogen) atoms. The smallest absolute Gasteiger partial charge is 0.0658 e. The average Bonchev–Trinajstić information content (AvgIpc) is 2.34. The van der Waals surface area contributed by atoms with Crippen molar-refractivity contribution in [3.05, 3.63) is 23.3 Å². The summed E-state index contributed by atoms with van der Waals surface area (Å²) in [5.41, 5.74) is 4.06. The van der Waals surface area contributed by atoms with Crippen LogP contribution in [0, 0.1) is 13.8 Å². The highest BCUT2D eigenvalue weighted by molar-refractivity contribution is 7.99. The van der Waals surface area contributed by atoms with E-state index in [1.165, 1.54) is 21.7 Å². The largest absolute Gasteiger partial charge is 0.375 e. The van der Waals surface area contributed by atoms with Crippen molar-refractivity contribution in [3.8, 4) is 0 Å². The minimum atomic E-state index is 1.03. The van der Waals surface area contributed by atoms with Gasteiger partial charge in [0.05, 0.1) is 11.6 Å². The maximum absolute atomic E-state index is 3.36. The number of anilines is 1. The first-order valence-corrected chi connectivity index (χ1v) is 4.74. The van der Waals surface area contributed by atoms with Gasteiger partial charge in [-0.1, -0.05) is 6.07 Å². The molecule has 0 aromatic heterocycles. The standard InChI is InChI=1S/C9H11NS/c1-6-3-7(2)9-8(4-6)11-5-10-9/h3-4,10H,5H2,1-2H3. The third-order valence-corrected chi connectivity index (χ3v) is 2.84. The zero-order valence-corrected chi connectivity index (χ0v) is 7.59. The van der Waals surface area contributed by atoms with E-state index in [4.69, 9.17) is 0 Å². The highest BCUT2D eigenvalue weighted by Crippen LogP contribution is 2.36. The van der Waals surface area contributed by atoms with E-state index >= 15 is 0 Å². The van der Waals surface area contributed by atoms with Crippen LogP contribution < -0.4 is 5.32 Å². The van der Waals surface area contributed by atoms with Crippen LogP contribution in [-0.2, 0) is 0 Å². The van der Waals surface area contributed by atoms with E-state index in [1.54, 1.807) is 0 Å². The van der Waals surface area contributed by atoms with Gasteiger partial charge in [-0.3, -0.25) is 0 Å². The molecule has 1 nitrogen and oxygen atoms in total. The van der Waals surface area contributed by atoms with E-state index in [0.717, 1.165) is 5.88 Å². The predicted molar refractivity (Wildman–Crippen MR) is 50.3 cm³/mol. The molecule has 1 aliphatic heterocycles. The van der Waals surface area contributed by atoms with Crippen molar-refractivity contribution in [2.24, 2.45) is 0 Å². The van der Waals surface area contributed by atoms with E-state index in [1.807, 2.05) is 11.8 Å². The van der Waals surface area contributed by atoms with Crippen molar-refractivity contribution in [2.45, 2.75) is 18.7 Å². The van der Waals surface area contributed by atoms with E-state index in [9.17, 15) is 0 Å². The molecule has 1 N–H and O–H groups in total. The second-order valence-electron chi connectivity index (χ2n) is 2.92. The second-order valence-corrected chi connectivity index (χ2v) is 3.94. The van der Waals surface area contributed by atoms with Gasteiger partial charge in [0, 0.05) is 4.90 Å². The summed E-state index contributed by atoms with van der Waals surface area (Å²) in [6, 6.07) is 4.46. The Kier molecular flexibility index (Phi) is 1.57. The van der Waals surface area contributed by atoms with E-state index < -0.39 is 0 Å². The van der Waals surface area contributed by atoms with Crippen molar-refractivity contribution >= 4 is 17.4 Å². The Hall–Kier alpha value is -0.630. The molecule has 0 spiro atoms. The molecule has 0 radical (unpaired) electrons. The third kappa shape index (κ3) is 1.11. The molecule has 0 atom stereocenters. The lowest BCUT2D eigenvalue weighted by atomic mass is 10.1. The molecule has 0 saturated heterocycles. The molecule has 0 fully saturated rings. The number of hydrogen-bond acceptors (Lipinski definition) is 2. The van der Waals surface area contributed by atoms with Crippen LogP contribution in [0.2, 0.25) is 0 Å². The summed E-state index contributed by atoms with van der Waals surface area (Å²) in [7, 11) is 0. The molecule has 1 aliphatic rings. The second kappa shape index (κ2) is 2.45. The molecule has 0 bridgehead atoms. The minimum Gasteiger partial charge on any atom is -0.375 e. The number of fused-ring (bicyclic) bond motifs is 1. The zero-order valence-electron chi connectivity index (χ0n) is 6.77. The first kappa shape index (κ1) is 7.04. The number of rotatable bonds is 0. The summed E-state index contributed by atoms with van der Waals surface area (Å²) >= 11 is 1.89. The van der Waals surface area contributed by atoms with Crippen LogP contribution in [0.5, 0.6) is 0 Å². The van der Waals surface area contributed by atoms with Crippen molar-refractivity contribution in [2.75, 3.05) is 11.2 Å². The van der Waals surface area contributed by atoms with E-state index in [-0.39, 0.29) is 0 Å². The van der Waals surface area contributed by atoms with Crippen molar-refractivity contribution in [1.82, 2.24) is 0 Å². The molecular formula is C9H11NS. The molecule has 58 valence electrons. The molecule has 2 rings (SSSR count). The minimum absolute atomic E-state index is 1.03. The maximum Gasteiger partial charge on any atom is 0.0658 e. The van der Waals surface area contributed by atoms with E-state index in [2.05, 4.69) is 31.3 Å². The van der Waals surface area contributed by atoms with Crippen LogP contribution in [0.4, 0.5) is 5.69 Å². The number of nitrogens with one attached hydrogen (secondary N) is 1. The van der Waals surface area contributed by atoms with Gasteiger partial charge in [-0.25, -0.2) is 0 Å². The zero-order chi connectivity index (χ0) is 7.84. The predicted octanol–water partition coefficient (Wildman–Crippen LogP) is 2.78. The van der Waals surface area contributed by atoms with Crippen LogP contribution in [0.3, 0.4) is 0 Å². The number of thioether (sulfide) groups is 1. The third-order valence-electron chi connectivity index (χ3n) is 1.92. The van der Waals surface area contributed by atoms with Gasteiger partial charge in [0.25, 0.3) is 0 Å². The quantitative estimate of drug-likeness (QED) is 0.634. The number of hydrogen-bond donors (Lipinski definition) is 1. The lowest BCUT2D eigenvalue weighted by Gasteiger charge is -2.03. The van der Waals surface area contributed by atoms with Crippen molar-refractivity contribution < 1.29 is 0 Å². The first-order chi connectivity index (χ1) is 5.27. The molecule has 1 heterocycles. The van der Waals surface area contributed by atoms with Gasteiger partial charge in [-0.05, 0) is 31.0 Å². The number of benzene rings is 1. The highest BCUT2D eigenvalue weighted by atomic mass is 32.2. The van der Waals surface area contributed by atoms with Gasteiger partial charge in [-0.2, -0.15) is 0 Å². The summed E-state index contributed by atoms with van der Waals surface area (Å²) in [6.07, 6.45) is 0. The van der Waals surface area contributed by atoms with Crippen LogP contribution in [-0.4, -0.2) is 5.88 Å². The fourth-order valence-electron chi connectivity index (χ4n) is 1.45. The molecule has 2 heteroatoms. The number of aryl methyl sites for hydroxylation is 2. The molecule has 1 aromatic carbocycles. The molecule has 0 aliphatic carbocycles. The summed E-state index contributed by atoms with van der Waals surface area (Å²) in [6.45, 7) is 4.30. The summed E-state index contributed by atoms with van der Waals surface area (Å²) < 4.78 is 0. The highest BCUT2D eigenvalue weighted by Gasteiger charge is 2.12. The Labute approximate surface area is 71.2 Å².